The molecule has 15 heavy (non-hydrogen) atoms. The molecule has 1 unspecified atom stereocenters. The lowest BCUT2D eigenvalue weighted by Gasteiger charge is -2.14. The zero-order chi connectivity index (χ0) is 11.5. The number of rotatable bonds is 3. The summed E-state index contributed by atoms with van der Waals surface area (Å²) >= 11 is 1.12. The van der Waals surface area contributed by atoms with Crippen LogP contribution in [0.3, 0.4) is 0 Å². The molecule has 0 aliphatic carbocycles. The summed E-state index contributed by atoms with van der Waals surface area (Å²) in [5, 5.41) is 0. The van der Waals surface area contributed by atoms with E-state index in [1.807, 2.05) is 19.1 Å². The third-order valence-electron chi connectivity index (χ3n) is 1.87. The number of hydrogen-bond acceptors (Lipinski definition) is 2. The molecule has 0 bridgehead atoms. The molecule has 0 saturated heterocycles. The minimum atomic E-state index is -4.31. The van der Waals surface area contributed by atoms with E-state index in [9.17, 15) is 13.2 Å². The molecule has 0 aliphatic rings. The van der Waals surface area contributed by atoms with Gasteiger partial charge in [-0.3, -0.25) is 0 Å². The summed E-state index contributed by atoms with van der Waals surface area (Å²) in [6.07, 6.45) is -4.31. The third kappa shape index (κ3) is 4.13. The van der Waals surface area contributed by atoms with Crippen LogP contribution >= 0.6 is 11.8 Å². The number of alkyl halides is 3. The molecule has 1 aromatic rings. The number of hydrogen-bond donors (Lipinski definition) is 1. The van der Waals surface area contributed by atoms with Crippen LogP contribution in [0.15, 0.2) is 29.2 Å². The molecule has 2 N–H and O–H groups in total. The maximum absolute atomic E-state index is 12.1. The molecule has 1 nitrogen and oxygen atoms in total. The third-order valence-corrected chi connectivity index (χ3v) is 3.00. The van der Waals surface area contributed by atoms with Crippen molar-refractivity contribution < 1.29 is 13.2 Å². The van der Waals surface area contributed by atoms with Gasteiger partial charge in [0.25, 0.3) is 0 Å². The molecule has 0 spiro atoms. The second-order valence-corrected chi connectivity index (χ2v) is 4.37. The Labute approximate surface area is 90.9 Å². The molecule has 1 atom stereocenters. The predicted octanol–water partition coefficient (Wildman–Crippen LogP) is 2.98. The molecule has 0 aliphatic heterocycles. The fourth-order valence-electron chi connectivity index (χ4n) is 0.915. The van der Waals surface area contributed by atoms with Crippen LogP contribution in [0.2, 0.25) is 0 Å². The van der Waals surface area contributed by atoms with Gasteiger partial charge in [0.15, 0.2) is 0 Å². The first kappa shape index (κ1) is 12.4. The maximum atomic E-state index is 12.1. The van der Waals surface area contributed by atoms with Crippen molar-refractivity contribution in [1.29, 1.82) is 0 Å². The monoisotopic (exact) mass is 235 g/mol. The first-order valence-corrected chi connectivity index (χ1v) is 5.40. The van der Waals surface area contributed by atoms with E-state index in [2.05, 4.69) is 0 Å². The fourth-order valence-corrected chi connectivity index (χ4v) is 1.80. The van der Waals surface area contributed by atoms with Crippen molar-refractivity contribution in [3.05, 3.63) is 29.8 Å². The highest BCUT2D eigenvalue weighted by molar-refractivity contribution is 7.99. The summed E-state index contributed by atoms with van der Waals surface area (Å²) in [6.45, 7) is 1.93. The topological polar surface area (TPSA) is 26.0 Å². The van der Waals surface area contributed by atoms with Crippen molar-refractivity contribution in [3.8, 4) is 0 Å². The Morgan fingerprint density at radius 2 is 1.80 bits per heavy atom. The van der Waals surface area contributed by atoms with Crippen LogP contribution in [-0.2, 0) is 0 Å². The maximum Gasteiger partial charge on any atom is 0.404 e. The molecule has 0 amide bonds. The van der Waals surface area contributed by atoms with Crippen LogP contribution < -0.4 is 5.73 Å². The summed E-state index contributed by atoms with van der Waals surface area (Å²) in [5.74, 6) is -0.146. The van der Waals surface area contributed by atoms with Crippen molar-refractivity contribution in [3.63, 3.8) is 0 Å². The first-order chi connectivity index (χ1) is 6.89. The second kappa shape index (κ2) is 4.90. The molecule has 84 valence electrons. The van der Waals surface area contributed by atoms with E-state index < -0.39 is 12.2 Å². The Morgan fingerprint density at radius 1 is 1.27 bits per heavy atom. The highest BCUT2D eigenvalue weighted by Gasteiger charge is 2.36. The van der Waals surface area contributed by atoms with Gasteiger partial charge in [-0.15, -0.1) is 11.8 Å². The van der Waals surface area contributed by atoms with Crippen molar-refractivity contribution in [2.24, 2.45) is 5.73 Å². The van der Waals surface area contributed by atoms with E-state index in [-0.39, 0.29) is 5.75 Å². The van der Waals surface area contributed by atoms with Crippen molar-refractivity contribution in [2.75, 3.05) is 5.75 Å². The molecule has 0 radical (unpaired) electrons. The fraction of sp³-hybridized carbons (Fsp3) is 0.400. The van der Waals surface area contributed by atoms with Gasteiger partial charge in [-0.2, -0.15) is 13.2 Å². The van der Waals surface area contributed by atoms with Gasteiger partial charge in [0.05, 0.1) is 0 Å². The zero-order valence-corrected chi connectivity index (χ0v) is 9.03. The van der Waals surface area contributed by atoms with E-state index in [0.717, 1.165) is 22.2 Å². The average Bonchev–Trinajstić information content (AvgIpc) is 2.15. The molecule has 0 aromatic heterocycles. The number of aryl methyl sites for hydroxylation is 1. The van der Waals surface area contributed by atoms with Gasteiger partial charge in [0, 0.05) is 10.6 Å². The van der Waals surface area contributed by atoms with Gasteiger partial charge >= 0.3 is 6.18 Å². The van der Waals surface area contributed by atoms with Crippen LogP contribution in [0.1, 0.15) is 5.56 Å². The minimum absolute atomic E-state index is 0.146. The highest BCUT2D eigenvalue weighted by atomic mass is 32.2. The van der Waals surface area contributed by atoms with Gasteiger partial charge in [-0.1, -0.05) is 17.7 Å². The average molecular weight is 235 g/mol. The summed E-state index contributed by atoms with van der Waals surface area (Å²) in [7, 11) is 0. The molecule has 0 fully saturated rings. The lowest BCUT2D eigenvalue weighted by atomic mass is 10.2. The number of nitrogens with two attached hydrogens (primary N) is 1. The summed E-state index contributed by atoms with van der Waals surface area (Å²) in [6, 6.07) is 5.55. The molecule has 5 heteroatoms. The largest absolute Gasteiger partial charge is 0.404 e. The number of thioether (sulfide) groups is 1. The van der Waals surface area contributed by atoms with E-state index in [1.54, 1.807) is 12.1 Å². The van der Waals surface area contributed by atoms with Crippen LogP contribution in [0, 0.1) is 6.92 Å². The lowest BCUT2D eigenvalue weighted by Crippen LogP contribution is -2.39. The molecule has 1 rings (SSSR count). The van der Waals surface area contributed by atoms with E-state index in [1.165, 1.54) is 0 Å². The molecular formula is C10H12F3NS. The lowest BCUT2D eigenvalue weighted by molar-refractivity contribution is -0.142. The standard InChI is InChI=1S/C10H12F3NS/c1-7-2-4-8(5-3-7)15-6-9(14)10(11,12)13/h2-5,9H,6,14H2,1H3. The smallest absolute Gasteiger partial charge is 0.319 e. The van der Waals surface area contributed by atoms with Crippen molar-refractivity contribution in [2.45, 2.75) is 24.0 Å². The quantitative estimate of drug-likeness (QED) is 0.815. The molecule has 0 heterocycles. The van der Waals surface area contributed by atoms with Gasteiger partial charge in [0.2, 0.25) is 0 Å². The normalized spacial score (nSPS) is 13.9. The van der Waals surface area contributed by atoms with Crippen molar-refractivity contribution in [1.82, 2.24) is 0 Å². The molecule has 1 aromatic carbocycles. The van der Waals surface area contributed by atoms with Crippen LogP contribution in [-0.4, -0.2) is 18.0 Å². The molecular weight excluding hydrogens is 223 g/mol. The minimum Gasteiger partial charge on any atom is -0.319 e. The summed E-state index contributed by atoms with van der Waals surface area (Å²) in [4.78, 5) is 0.806. The number of benzene rings is 1. The van der Waals surface area contributed by atoms with Gasteiger partial charge in [-0.05, 0) is 19.1 Å². The highest BCUT2D eigenvalue weighted by Crippen LogP contribution is 2.25. The number of halogens is 3. The summed E-state index contributed by atoms with van der Waals surface area (Å²) in [5.41, 5.74) is 6.07. The Kier molecular flexibility index (Phi) is 4.04. The van der Waals surface area contributed by atoms with E-state index in [0.29, 0.717) is 0 Å². The Balaban J connectivity index is 2.47. The van der Waals surface area contributed by atoms with Gasteiger partial charge < -0.3 is 5.73 Å². The Morgan fingerprint density at radius 3 is 2.27 bits per heavy atom. The Bertz CT molecular complexity index is 307. The van der Waals surface area contributed by atoms with Crippen LogP contribution in [0.5, 0.6) is 0 Å². The van der Waals surface area contributed by atoms with Crippen molar-refractivity contribution >= 4 is 11.8 Å². The van der Waals surface area contributed by atoms with Crippen LogP contribution in [0.25, 0.3) is 0 Å². The summed E-state index contributed by atoms with van der Waals surface area (Å²) < 4.78 is 36.2. The predicted molar refractivity (Wildman–Crippen MR) is 55.9 cm³/mol. The Hall–Kier alpha value is -0.680. The van der Waals surface area contributed by atoms with Gasteiger partial charge in [0.1, 0.15) is 6.04 Å². The van der Waals surface area contributed by atoms with Crippen LogP contribution in [0.4, 0.5) is 13.2 Å². The first-order valence-electron chi connectivity index (χ1n) is 4.41. The SMILES string of the molecule is Cc1ccc(SCC(N)C(F)(F)F)cc1. The zero-order valence-electron chi connectivity index (χ0n) is 8.21. The second-order valence-electron chi connectivity index (χ2n) is 3.27. The molecule has 0 saturated carbocycles. The van der Waals surface area contributed by atoms with Gasteiger partial charge in [-0.25, -0.2) is 0 Å². The van der Waals surface area contributed by atoms with E-state index in [4.69, 9.17) is 5.73 Å². The van der Waals surface area contributed by atoms with E-state index >= 15 is 0 Å².